The maximum absolute atomic E-state index is 12.9. The summed E-state index contributed by atoms with van der Waals surface area (Å²) in [4.78, 5) is 19.0. The molecule has 0 unspecified atom stereocenters. The van der Waals surface area contributed by atoms with E-state index in [0.29, 0.717) is 33.0 Å². The maximum atomic E-state index is 12.9. The van der Waals surface area contributed by atoms with Gasteiger partial charge in [0.15, 0.2) is 15.8 Å². The summed E-state index contributed by atoms with van der Waals surface area (Å²) in [6.07, 6.45) is 5.08. The molecule has 30 heavy (non-hydrogen) atoms. The van der Waals surface area contributed by atoms with Crippen molar-refractivity contribution in [2.24, 2.45) is 0 Å². The number of thiocarbonyl (C=S) groups is 1. The van der Waals surface area contributed by atoms with E-state index in [4.69, 9.17) is 21.7 Å². The van der Waals surface area contributed by atoms with Crippen LogP contribution in [0.4, 0.5) is 5.69 Å². The molecule has 4 rings (SSSR count). The first kappa shape index (κ1) is 20.1. The van der Waals surface area contributed by atoms with E-state index >= 15 is 0 Å². The molecule has 150 valence electrons. The van der Waals surface area contributed by atoms with Gasteiger partial charge in [-0.05, 0) is 41.5 Å². The molecule has 0 saturated carbocycles. The van der Waals surface area contributed by atoms with Crippen LogP contribution in [-0.4, -0.2) is 22.3 Å². The smallest absolute Gasteiger partial charge is 0.270 e. The largest absolute Gasteiger partial charge is 0.493 e. The molecule has 1 aliphatic heterocycles. The normalized spacial score (nSPS) is 15.0. The second kappa shape index (κ2) is 9.11. The standard InChI is InChI=1S/C23H18N2O3S2/c1-27-20-12-17(9-10-19(20)28-15-16-6-3-2-4-7-16)13-21-22(26)25(23(29)30-21)18-8-5-11-24-14-18/h2-14H,15H2,1H3/b21-13-. The summed E-state index contributed by atoms with van der Waals surface area (Å²) in [6.45, 7) is 0.445. The van der Waals surface area contributed by atoms with Gasteiger partial charge in [-0.1, -0.05) is 60.4 Å². The molecule has 0 bridgehead atoms. The zero-order chi connectivity index (χ0) is 20.9. The van der Waals surface area contributed by atoms with Crippen molar-refractivity contribution < 1.29 is 14.3 Å². The Morgan fingerprint density at radius 2 is 1.93 bits per heavy atom. The van der Waals surface area contributed by atoms with Gasteiger partial charge in [0.2, 0.25) is 0 Å². The van der Waals surface area contributed by atoms with Crippen molar-refractivity contribution in [2.45, 2.75) is 6.61 Å². The predicted octanol–water partition coefficient (Wildman–Crippen LogP) is 5.08. The van der Waals surface area contributed by atoms with E-state index in [1.807, 2.05) is 54.6 Å². The number of nitrogens with zero attached hydrogens (tertiary/aromatic N) is 2. The van der Waals surface area contributed by atoms with Gasteiger partial charge in [-0.2, -0.15) is 0 Å². The highest BCUT2D eigenvalue weighted by Gasteiger charge is 2.33. The fourth-order valence-electron chi connectivity index (χ4n) is 2.96. The van der Waals surface area contributed by atoms with Crippen LogP contribution in [0.3, 0.4) is 0 Å². The van der Waals surface area contributed by atoms with Crippen LogP contribution in [0.25, 0.3) is 6.08 Å². The van der Waals surface area contributed by atoms with Crippen molar-refractivity contribution in [2.75, 3.05) is 12.0 Å². The fraction of sp³-hybridized carbons (Fsp3) is 0.0870. The molecular weight excluding hydrogens is 416 g/mol. The summed E-state index contributed by atoms with van der Waals surface area (Å²) < 4.78 is 11.9. The minimum atomic E-state index is -0.165. The fourth-order valence-corrected chi connectivity index (χ4v) is 4.26. The summed E-state index contributed by atoms with van der Waals surface area (Å²) >= 11 is 6.66. The Morgan fingerprint density at radius 3 is 2.67 bits per heavy atom. The summed E-state index contributed by atoms with van der Waals surface area (Å²) in [7, 11) is 1.59. The number of methoxy groups -OCH3 is 1. The van der Waals surface area contributed by atoms with Crippen LogP contribution in [0.1, 0.15) is 11.1 Å². The lowest BCUT2D eigenvalue weighted by Gasteiger charge is -2.13. The molecule has 0 aliphatic carbocycles. The van der Waals surface area contributed by atoms with Crippen molar-refractivity contribution in [1.82, 2.24) is 4.98 Å². The molecule has 7 heteroatoms. The second-order valence-corrected chi connectivity index (χ2v) is 8.09. The molecule has 3 aromatic rings. The third kappa shape index (κ3) is 4.37. The number of thioether (sulfide) groups is 1. The van der Waals surface area contributed by atoms with E-state index in [0.717, 1.165) is 11.1 Å². The SMILES string of the molecule is COc1cc(/C=C2\SC(=S)N(c3cccnc3)C2=O)ccc1OCc1ccccc1. The average Bonchev–Trinajstić information content (AvgIpc) is 3.06. The number of hydrogen-bond donors (Lipinski definition) is 0. The number of carbonyl (C=O) groups is 1. The third-order valence-corrected chi connectivity index (χ3v) is 5.72. The average molecular weight is 435 g/mol. The number of anilines is 1. The second-order valence-electron chi connectivity index (χ2n) is 6.41. The number of carbonyl (C=O) groups excluding carboxylic acids is 1. The molecule has 0 N–H and O–H groups in total. The van der Waals surface area contributed by atoms with Gasteiger partial charge in [0, 0.05) is 6.20 Å². The van der Waals surface area contributed by atoms with Crippen LogP contribution < -0.4 is 14.4 Å². The minimum Gasteiger partial charge on any atom is -0.493 e. The Kier molecular flexibility index (Phi) is 6.11. The number of benzene rings is 2. The lowest BCUT2D eigenvalue weighted by atomic mass is 10.1. The Labute approximate surface area is 184 Å². The number of amides is 1. The van der Waals surface area contributed by atoms with Crippen LogP contribution in [-0.2, 0) is 11.4 Å². The van der Waals surface area contributed by atoms with Crippen LogP contribution in [0.15, 0.2) is 78.0 Å². The number of rotatable bonds is 6. The molecular formula is C23H18N2O3S2. The topological polar surface area (TPSA) is 51.7 Å². The van der Waals surface area contributed by atoms with Gasteiger partial charge < -0.3 is 9.47 Å². The van der Waals surface area contributed by atoms with Crippen LogP contribution in [0, 0.1) is 0 Å². The van der Waals surface area contributed by atoms with E-state index in [1.165, 1.54) is 16.7 Å². The van der Waals surface area contributed by atoms with Crippen LogP contribution in [0.5, 0.6) is 11.5 Å². The Bertz CT molecular complexity index is 1100. The van der Waals surface area contributed by atoms with E-state index in [1.54, 1.807) is 31.6 Å². The highest BCUT2D eigenvalue weighted by Crippen LogP contribution is 2.37. The lowest BCUT2D eigenvalue weighted by molar-refractivity contribution is -0.113. The van der Waals surface area contributed by atoms with Crippen molar-refractivity contribution in [1.29, 1.82) is 0 Å². The van der Waals surface area contributed by atoms with E-state index in [2.05, 4.69) is 4.98 Å². The molecule has 1 aliphatic rings. The molecule has 5 nitrogen and oxygen atoms in total. The molecule has 1 saturated heterocycles. The predicted molar refractivity (Wildman–Crippen MR) is 124 cm³/mol. The van der Waals surface area contributed by atoms with E-state index < -0.39 is 0 Å². The van der Waals surface area contributed by atoms with Gasteiger partial charge in [-0.15, -0.1) is 0 Å². The summed E-state index contributed by atoms with van der Waals surface area (Å²) in [5.41, 5.74) is 2.55. The molecule has 2 heterocycles. The highest BCUT2D eigenvalue weighted by molar-refractivity contribution is 8.27. The molecule has 1 fully saturated rings. The van der Waals surface area contributed by atoms with Gasteiger partial charge in [0.1, 0.15) is 6.61 Å². The molecule has 0 spiro atoms. The minimum absolute atomic E-state index is 0.165. The first-order valence-electron chi connectivity index (χ1n) is 9.18. The molecule has 0 atom stereocenters. The number of ether oxygens (including phenoxy) is 2. The molecule has 2 aromatic carbocycles. The number of aromatic nitrogens is 1. The van der Waals surface area contributed by atoms with Crippen LogP contribution >= 0.6 is 24.0 Å². The summed E-state index contributed by atoms with van der Waals surface area (Å²) in [6, 6.07) is 19.1. The first-order chi connectivity index (χ1) is 14.7. The zero-order valence-corrected chi connectivity index (χ0v) is 17.8. The monoisotopic (exact) mass is 434 g/mol. The van der Waals surface area contributed by atoms with Crippen molar-refractivity contribution in [3.8, 4) is 11.5 Å². The van der Waals surface area contributed by atoms with Gasteiger partial charge in [-0.25, -0.2) is 0 Å². The molecule has 1 amide bonds. The summed E-state index contributed by atoms with van der Waals surface area (Å²) in [5, 5.41) is 0. The Balaban J connectivity index is 1.53. The molecule has 1 aromatic heterocycles. The van der Waals surface area contributed by atoms with Gasteiger partial charge >= 0.3 is 0 Å². The van der Waals surface area contributed by atoms with Crippen molar-refractivity contribution in [3.63, 3.8) is 0 Å². The van der Waals surface area contributed by atoms with Gasteiger partial charge in [0.25, 0.3) is 5.91 Å². The number of pyridine rings is 1. The van der Waals surface area contributed by atoms with E-state index in [-0.39, 0.29) is 5.91 Å². The summed E-state index contributed by atoms with van der Waals surface area (Å²) in [5.74, 6) is 1.07. The highest BCUT2D eigenvalue weighted by atomic mass is 32.2. The van der Waals surface area contributed by atoms with Gasteiger partial charge in [-0.3, -0.25) is 14.7 Å². The third-order valence-electron chi connectivity index (χ3n) is 4.42. The Morgan fingerprint density at radius 1 is 1.10 bits per heavy atom. The molecule has 0 radical (unpaired) electrons. The zero-order valence-electron chi connectivity index (χ0n) is 16.1. The van der Waals surface area contributed by atoms with Crippen LogP contribution in [0.2, 0.25) is 0 Å². The first-order valence-corrected chi connectivity index (χ1v) is 10.4. The van der Waals surface area contributed by atoms with E-state index in [9.17, 15) is 4.79 Å². The quantitative estimate of drug-likeness (QED) is 0.399. The van der Waals surface area contributed by atoms with Crippen molar-refractivity contribution in [3.05, 3.63) is 89.1 Å². The van der Waals surface area contributed by atoms with Crippen molar-refractivity contribution >= 4 is 46.0 Å². The lowest BCUT2D eigenvalue weighted by Crippen LogP contribution is -2.27. The van der Waals surface area contributed by atoms with Gasteiger partial charge in [0.05, 0.1) is 23.9 Å². The number of hydrogen-bond acceptors (Lipinski definition) is 6. The maximum Gasteiger partial charge on any atom is 0.270 e. The Hall–Kier alpha value is -3.16.